The van der Waals surface area contributed by atoms with Crippen LogP contribution in [0.5, 0.6) is 0 Å². The molecule has 0 saturated carbocycles. The van der Waals surface area contributed by atoms with Crippen molar-refractivity contribution in [2.75, 3.05) is 5.32 Å². The highest BCUT2D eigenvalue weighted by atomic mass is 35.5. The summed E-state index contributed by atoms with van der Waals surface area (Å²) in [7, 11) is 0. The van der Waals surface area contributed by atoms with E-state index in [1.165, 1.54) is 0 Å². The quantitative estimate of drug-likeness (QED) is 0.894. The van der Waals surface area contributed by atoms with Gasteiger partial charge >= 0.3 is 0 Å². The molecule has 1 heterocycles. The number of benzene rings is 1. The average molecular weight is 298 g/mol. The third-order valence-electron chi connectivity index (χ3n) is 2.77. The van der Waals surface area contributed by atoms with Gasteiger partial charge in [-0.3, -0.25) is 0 Å². The molecule has 2 rings (SSSR count). The Morgan fingerprint density at radius 1 is 1.32 bits per heavy atom. The van der Waals surface area contributed by atoms with Gasteiger partial charge < -0.3 is 9.88 Å². The smallest absolute Gasteiger partial charge is 0.202 e. The van der Waals surface area contributed by atoms with E-state index < -0.39 is 0 Å². The molecule has 1 N–H and O–H groups in total. The SMILES string of the molecule is CC(C)Nc1nccn1CCc1ccc(Cl)cc1Cl. The second-order valence-electron chi connectivity index (χ2n) is 4.73. The number of rotatable bonds is 5. The first kappa shape index (κ1) is 14.2. The van der Waals surface area contributed by atoms with Crippen LogP contribution in [0.1, 0.15) is 19.4 Å². The molecule has 0 atom stereocenters. The summed E-state index contributed by atoms with van der Waals surface area (Å²) in [6.45, 7) is 5.01. The van der Waals surface area contributed by atoms with Crippen molar-refractivity contribution in [1.82, 2.24) is 9.55 Å². The molecule has 2 aromatic rings. The van der Waals surface area contributed by atoms with Crippen molar-refractivity contribution in [3.63, 3.8) is 0 Å². The molecule has 1 aromatic carbocycles. The summed E-state index contributed by atoms with van der Waals surface area (Å²) in [5.74, 6) is 0.889. The van der Waals surface area contributed by atoms with Gasteiger partial charge in [-0.15, -0.1) is 0 Å². The Hall–Kier alpha value is -1.19. The van der Waals surface area contributed by atoms with Crippen molar-refractivity contribution in [3.05, 3.63) is 46.2 Å². The van der Waals surface area contributed by atoms with Gasteiger partial charge in [0.05, 0.1) is 0 Å². The fourth-order valence-corrected chi connectivity index (χ4v) is 2.36. The maximum absolute atomic E-state index is 6.17. The summed E-state index contributed by atoms with van der Waals surface area (Å²) >= 11 is 12.1. The Morgan fingerprint density at radius 2 is 2.11 bits per heavy atom. The first-order valence-electron chi connectivity index (χ1n) is 6.28. The molecule has 0 spiro atoms. The molecule has 0 aliphatic rings. The maximum atomic E-state index is 6.17. The van der Waals surface area contributed by atoms with E-state index in [1.807, 2.05) is 18.3 Å². The molecule has 1 aromatic heterocycles. The fourth-order valence-electron chi connectivity index (χ4n) is 1.85. The predicted molar refractivity (Wildman–Crippen MR) is 81.2 cm³/mol. The zero-order valence-corrected chi connectivity index (χ0v) is 12.5. The highest BCUT2D eigenvalue weighted by Gasteiger charge is 2.06. The number of nitrogens with one attached hydrogen (secondary N) is 1. The van der Waals surface area contributed by atoms with Crippen molar-refractivity contribution >= 4 is 29.2 Å². The zero-order chi connectivity index (χ0) is 13.8. The van der Waals surface area contributed by atoms with Gasteiger partial charge in [-0.25, -0.2) is 4.98 Å². The van der Waals surface area contributed by atoms with Crippen LogP contribution in [0.3, 0.4) is 0 Å². The van der Waals surface area contributed by atoms with Crippen molar-refractivity contribution in [1.29, 1.82) is 0 Å². The molecule has 0 aliphatic heterocycles. The van der Waals surface area contributed by atoms with Gasteiger partial charge in [0.2, 0.25) is 5.95 Å². The van der Waals surface area contributed by atoms with Crippen molar-refractivity contribution in [3.8, 4) is 0 Å². The molecule has 0 saturated heterocycles. The second kappa shape index (κ2) is 6.31. The number of aryl methyl sites for hydroxylation is 2. The molecule has 0 unspecified atom stereocenters. The Balaban J connectivity index is 2.04. The van der Waals surface area contributed by atoms with Crippen molar-refractivity contribution < 1.29 is 0 Å². The van der Waals surface area contributed by atoms with Crippen molar-refractivity contribution in [2.24, 2.45) is 0 Å². The lowest BCUT2D eigenvalue weighted by molar-refractivity contribution is 0.692. The molecule has 5 heteroatoms. The number of nitrogens with zero attached hydrogens (tertiary/aromatic N) is 2. The molecule has 0 bridgehead atoms. The number of halogens is 2. The third kappa shape index (κ3) is 3.88. The lowest BCUT2D eigenvalue weighted by Crippen LogP contribution is -2.15. The minimum Gasteiger partial charge on any atom is -0.353 e. The molecule has 0 aliphatic carbocycles. The monoisotopic (exact) mass is 297 g/mol. The van der Waals surface area contributed by atoms with Crippen molar-refractivity contribution in [2.45, 2.75) is 32.9 Å². The lowest BCUT2D eigenvalue weighted by Gasteiger charge is -2.12. The zero-order valence-electron chi connectivity index (χ0n) is 11.0. The highest BCUT2D eigenvalue weighted by Crippen LogP contribution is 2.22. The molecule has 0 amide bonds. The molecule has 0 fully saturated rings. The van der Waals surface area contributed by atoms with Crippen LogP contribution in [0.15, 0.2) is 30.6 Å². The summed E-state index contributed by atoms with van der Waals surface area (Å²) in [5, 5.41) is 4.69. The van der Waals surface area contributed by atoms with Crippen LogP contribution in [0.2, 0.25) is 10.0 Å². The molecule has 3 nitrogen and oxygen atoms in total. The van der Waals surface area contributed by atoms with Crippen LogP contribution in [0.4, 0.5) is 5.95 Å². The van der Waals surface area contributed by atoms with Crippen LogP contribution in [-0.4, -0.2) is 15.6 Å². The van der Waals surface area contributed by atoms with Crippen LogP contribution < -0.4 is 5.32 Å². The van der Waals surface area contributed by atoms with Gasteiger partial charge in [-0.2, -0.15) is 0 Å². The minimum absolute atomic E-state index is 0.361. The third-order valence-corrected chi connectivity index (χ3v) is 3.36. The molecule has 19 heavy (non-hydrogen) atoms. The second-order valence-corrected chi connectivity index (χ2v) is 5.57. The van der Waals surface area contributed by atoms with E-state index >= 15 is 0 Å². The Kier molecular flexibility index (Phi) is 4.72. The number of hydrogen-bond donors (Lipinski definition) is 1. The average Bonchev–Trinajstić information content (AvgIpc) is 2.74. The van der Waals surface area contributed by atoms with E-state index in [-0.39, 0.29) is 0 Å². The number of imidazole rings is 1. The van der Waals surface area contributed by atoms with Crippen LogP contribution in [-0.2, 0) is 13.0 Å². The Morgan fingerprint density at radius 3 is 2.79 bits per heavy atom. The van der Waals surface area contributed by atoms with E-state index in [9.17, 15) is 0 Å². The van der Waals surface area contributed by atoms with E-state index in [4.69, 9.17) is 23.2 Å². The number of anilines is 1. The normalized spacial score (nSPS) is 11.0. The topological polar surface area (TPSA) is 29.9 Å². The molecule has 0 radical (unpaired) electrons. The molecular weight excluding hydrogens is 281 g/mol. The van der Waals surface area contributed by atoms with Crippen LogP contribution >= 0.6 is 23.2 Å². The van der Waals surface area contributed by atoms with Crippen LogP contribution in [0.25, 0.3) is 0 Å². The van der Waals surface area contributed by atoms with Gasteiger partial charge in [-0.1, -0.05) is 29.3 Å². The van der Waals surface area contributed by atoms with Gasteiger partial charge in [0.1, 0.15) is 0 Å². The lowest BCUT2D eigenvalue weighted by atomic mass is 10.1. The largest absolute Gasteiger partial charge is 0.353 e. The minimum atomic E-state index is 0.361. The first-order valence-corrected chi connectivity index (χ1v) is 7.03. The van der Waals surface area contributed by atoms with Gasteiger partial charge in [-0.05, 0) is 38.0 Å². The molecule has 102 valence electrons. The van der Waals surface area contributed by atoms with Gasteiger partial charge in [0, 0.05) is 35.0 Å². The predicted octanol–water partition coefficient (Wildman–Crippen LogP) is 4.25. The standard InChI is InChI=1S/C14H17Cl2N3/c1-10(2)18-14-17-6-8-19(14)7-5-11-3-4-12(15)9-13(11)16/h3-4,6,8-10H,5,7H2,1-2H3,(H,17,18). The maximum Gasteiger partial charge on any atom is 0.202 e. The Labute approximate surface area is 123 Å². The number of aromatic nitrogens is 2. The summed E-state index contributed by atoms with van der Waals surface area (Å²) < 4.78 is 2.09. The fraction of sp³-hybridized carbons (Fsp3) is 0.357. The first-order chi connectivity index (χ1) is 9.06. The summed E-state index contributed by atoms with van der Waals surface area (Å²) in [4.78, 5) is 4.30. The Bertz CT molecular complexity index is 549. The summed E-state index contributed by atoms with van der Waals surface area (Å²) in [5.41, 5.74) is 1.09. The van der Waals surface area contributed by atoms with E-state index in [0.29, 0.717) is 16.1 Å². The van der Waals surface area contributed by atoms with E-state index in [1.54, 1.807) is 12.3 Å². The number of hydrogen-bond acceptors (Lipinski definition) is 2. The summed E-state index contributed by atoms with van der Waals surface area (Å²) in [6, 6.07) is 5.97. The van der Waals surface area contributed by atoms with Gasteiger partial charge in [0.25, 0.3) is 0 Å². The summed E-state index contributed by atoms with van der Waals surface area (Å²) in [6.07, 6.45) is 4.61. The highest BCUT2D eigenvalue weighted by molar-refractivity contribution is 6.35. The van der Waals surface area contributed by atoms with Gasteiger partial charge in [0.15, 0.2) is 0 Å². The van der Waals surface area contributed by atoms with E-state index in [0.717, 1.165) is 24.5 Å². The van der Waals surface area contributed by atoms with E-state index in [2.05, 4.69) is 28.7 Å². The van der Waals surface area contributed by atoms with Crippen LogP contribution in [0, 0.1) is 0 Å². The molecular formula is C14H17Cl2N3.